The molecule has 0 spiro atoms. The summed E-state index contributed by atoms with van der Waals surface area (Å²) in [6.07, 6.45) is 0.516. The molecule has 2 rings (SSSR count). The van der Waals surface area contributed by atoms with Gasteiger partial charge in [0.25, 0.3) is 0 Å². The van der Waals surface area contributed by atoms with Crippen molar-refractivity contribution in [1.82, 2.24) is 5.32 Å². The van der Waals surface area contributed by atoms with Crippen LogP contribution in [0, 0.1) is 20.8 Å². The maximum Gasteiger partial charge on any atom is 0.220 e. The Labute approximate surface area is 148 Å². The standard InChI is InChI=1S/C20H25NO2S/c1-15-5-8-18(9-6-15)24-13-10-20(22)21-11-12-23-19-14-16(2)4-7-17(19)3/h4-9,14H,10-13H2,1-3H3,(H,21,22). The predicted molar refractivity (Wildman–Crippen MR) is 101 cm³/mol. The van der Waals surface area contributed by atoms with Crippen molar-refractivity contribution >= 4 is 17.7 Å². The highest BCUT2D eigenvalue weighted by atomic mass is 32.2. The van der Waals surface area contributed by atoms with Crippen molar-refractivity contribution in [3.05, 3.63) is 59.2 Å². The summed E-state index contributed by atoms with van der Waals surface area (Å²) in [4.78, 5) is 13.0. The summed E-state index contributed by atoms with van der Waals surface area (Å²) in [5.41, 5.74) is 3.54. The first-order chi connectivity index (χ1) is 11.5. The molecule has 0 bridgehead atoms. The molecule has 24 heavy (non-hydrogen) atoms. The molecule has 0 aromatic heterocycles. The Kier molecular flexibility index (Phi) is 7.19. The van der Waals surface area contributed by atoms with Gasteiger partial charge in [-0.05, 0) is 50.1 Å². The van der Waals surface area contributed by atoms with E-state index in [0.29, 0.717) is 19.6 Å². The van der Waals surface area contributed by atoms with Crippen LogP contribution in [0.5, 0.6) is 5.75 Å². The van der Waals surface area contributed by atoms with E-state index in [1.54, 1.807) is 11.8 Å². The third-order valence-corrected chi connectivity index (χ3v) is 4.66. The Morgan fingerprint density at radius 2 is 1.75 bits per heavy atom. The van der Waals surface area contributed by atoms with Gasteiger partial charge in [-0.3, -0.25) is 4.79 Å². The second-order valence-corrected chi connectivity index (χ2v) is 7.05. The molecule has 0 atom stereocenters. The van der Waals surface area contributed by atoms with E-state index in [2.05, 4.69) is 42.6 Å². The summed E-state index contributed by atoms with van der Waals surface area (Å²) in [6, 6.07) is 14.5. The number of ether oxygens (including phenoxy) is 1. The summed E-state index contributed by atoms with van der Waals surface area (Å²) in [6.45, 7) is 7.15. The van der Waals surface area contributed by atoms with Crippen molar-refractivity contribution in [2.75, 3.05) is 18.9 Å². The Balaban J connectivity index is 1.61. The minimum atomic E-state index is 0.0687. The topological polar surface area (TPSA) is 38.3 Å². The first-order valence-electron chi connectivity index (χ1n) is 8.21. The van der Waals surface area contributed by atoms with E-state index in [1.165, 1.54) is 16.0 Å². The van der Waals surface area contributed by atoms with E-state index in [4.69, 9.17) is 4.74 Å². The number of benzene rings is 2. The van der Waals surface area contributed by atoms with E-state index in [0.717, 1.165) is 17.1 Å². The molecule has 0 heterocycles. The minimum absolute atomic E-state index is 0.0687. The number of thioether (sulfide) groups is 1. The lowest BCUT2D eigenvalue weighted by Crippen LogP contribution is -2.28. The molecule has 0 unspecified atom stereocenters. The molecule has 4 heteroatoms. The van der Waals surface area contributed by atoms with Crippen molar-refractivity contribution < 1.29 is 9.53 Å². The zero-order valence-electron chi connectivity index (χ0n) is 14.6. The second kappa shape index (κ2) is 9.38. The number of nitrogens with one attached hydrogen (secondary N) is 1. The largest absolute Gasteiger partial charge is 0.491 e. The fourth-order valence-electron chi connectivity index (χ4n) is 2.20. The Bertz CT molecular complexity index is 668. The van der Waals surface area contributed by atoms with Crippen LogP contribution in [0.25, 0.3) is 0 Å². The highest BCUT2D eigenvalue weighted by Crippen LogP contribution is 2.19. The molecule has 0 aliphatic heterocycles. The van der Waals surface area contributed by atoms with Crippen molar-refractivity contribution in [3.8, 4) is 5.75 Å². The highest BCUT2D eigenvalue weighted by Gasteiger charge is 2.03. The molecule has 2 aromatic carbocycles. The fraction of sp³-hybridized carbons (Fsp3) is 0.350. The van der Waals surface area contributed by atoms with Gasteiger partial charge in [0, 0.05) is 17.1 Å². The lowest BCUT2D eigenvalue weighted by atomic mass is 10.1. The summed E-state index contributed by atoms with van der Waals surface area (Å²) >= 11 is 1.71. The van der Waals surface area contributed by atoms with Crippen LogP contribution < -0.4 is 10.1 Å². The smallest absolute Gasteiger partial charge is 0.220 e. The van der Waals surface area contributed by atoms with Gasteiger partial charge in [0.05, 0.1) is 6.54 Å². The number of carbonyl (C=O) groups is 1. The first kappa shape index (κ1) is 18.4. The second-order valence-electron chi connectivity index (χ2n) is 5.88. The number of hydrogen-bond acceptors (Lipinski definition) is 3. The van der Waals surface area contributed by atoms with E-state index in [9.17, 15) is 4.79 Å². The third kappa shape index (κ3) is 6.28. The van der Waals surface area contributed by atoms with Gasteiger partial charge in [-0.15, -0.1) is 11.8 Å². The van der Waals surface area contributed by atoms with E-state index >= 15 is 0 Å². The van der Waals surface area contributed by atoms with Crippen LogP contribution in [-0.2, 0) is 4.79 Å². The number of amides is 1. The van der Waals surface area contributed by atoms with Crippen molar-refractivity contribution in [2.24, 2.45) is 0 Å². The Morgan fingerprint density at radius 1 is 1.04 bits per heavy atom. The van der Waals surface area contributed by atoms with Gasteiger partial charge < -0.3 is 10.1 Å². The summed E-state index contributed by atoms with van der Waals surface area (Å²) in [5, 5.41) is 2.91. The average molecular weight is 343 g/mol. The minimum Gasteiger partial charge on any atom is -0.491 e. The highest BCUT2D eigenvalue weighted by molar-refractivity contribution is 7.99. The molecule has 0 aliphatic rings. The van der Waals surface area contributed by atoms with Crippen LogP contribution >= 0.6 is 11.8 Å². The van der Waals surface area contributed by atoms with E-state index < -0.39 is 0 Å². The molecule has 0 fully saturated rings. The van der Waals surface area contributed by atoms with Gasteiger partial charge in [0.2, 0.25) is 5.91 Å². The molecule has 1 N–H and O–H groups in total. The molecule has 128 valence electrons. The third-order valence-electron chi connectivity index (χ3n) is 3.64. The van der Waals surface area contributed by atoms with Gasteiger partial charge in [0.15, 0.2) is 0 Å². The maximum atomic E-state index is 11.8. The van der Waals surface area contributed by atoms with Gasteiger partial charge in [-0.1, -0.05) is 29.8 Å². The number of rotatable bonds is 8. The lowest BCUT2D eigenvalue weighted by Gasteiger charge is -2.10. The normalized spacial score (nSPS) is 10.5. The number of hydrogen-bond donors (Lipinski definition) is 1. The zero-order valence-corrected chi connectivity index (χ0v) is 15.4. The Morgan fingerprint density at radius 3 is 2.50 bits per heavy atom. The van der Waals surface area contributed by atoms with Gasteiger partial charge >= 0.3 is 0 Å². The first-order valence-corrected chi connectivity index (χ1v) is 9.19. The van der Waals surface area contributed by atoms with E-state index in [-0.39, 0.29) is 5.91 Å². The molecule has 0 saturated carbocycles. The summed E-state index contributed by atoms with van der Waals surface area (Å²) < 4.78 is 5.73. The van der Waals surface area contributed by atoms with Gasteiger partial charge in [-0.2, -0.15) is 0 Å². The van der Waals surface area contributed by atoms with Crippen LogP contribution in [-0.4, -0.2) is 24.8 Å². The molecular weight excluding hydrogens is 318 g/mol. The molecule has 0 radical (unpaired) electrons. The number of aryl methyl sites for hydroxylation is 3. The van der Waals surface area contributed by atoms with Crippen LogP contribution in [0.3, 0.4) is 0 Å². The van der Waals surface area contributed by atoms with Crippen LogP contribution in [0.2, 0.25) is 0 Å². The van der Waals surface area contributed by atoms with Gasteiger partial charge in [-0.25, -0.2) is 0 Å². The van der Waals surface area contributed by atoms with Crippen molar-refractivity contribution in [2.45, 2.75) is 32.1 Å². The monoisotopic (exact) mass is 343 g/mol. The Hall–Kier alpha value is -1.94. The molecule has 1 amide bonds. The molecular formula is C20H25NO2S. The zero-order chi connectivity index (χ0) is 17.4. The average Bonchev–Trinajstić information content (AvgIpc) is 2.56. The summed E-state index contributed by atoms with van der Waals surface area (Å²) in [5.74, 6) is 1.74. The van der Waals surface area contributed by atoms with Gasteiger partial charge in [0.1, 0.15) is 12.4 Å². The quantitative estimate of drug-likeness (QED) is 0.574. The van der Waals surface area contributed by atoms with Crippen molar-refractivity contribution in [1.29, 1.82) is 0 Å². The SMILES string of the molecule is Cc1ccc(SCCC(=O)NCCOc2cc(C)ccc2C)cc1. The molecule has 0 aliphatic carbocycles. The molecule has 3 nitrogen and oxygen atoms in total. The van der Waals surface area contributed by atoms with Crippen LogP contribution in [0.15, 0.2) is 47.4 Å². The molecule has 2 aromatic rings. The maximum absolute atomic E-state index is 11.8. The molecule has 0 saturated heterocycles. The lowest BCUT2D eigenvalue weighted by molar-refractivity contribution is -0.120. The summed E-state index contributed by atoms with van der Waals surface area (Å²) in [7, 11) is 0. The van der Waals surface area contributed by atoms with E-state index in [1.807, 2.05) is 26.0 Å². The van der Waals surface area contributed by atoms with Crippen molar-refractivity contribution in [3.63, 3.8) is 0 Å². The predicted octanol–water partition coefficient (Wildman–Crippen LogP) is 4.29. The van der Waals surface area contributed by atoms with Crippen LogP contribution in [0.4, 0.5) is 0 Å². The van der Waals surface area contributed by atoms with Crippen LogP contribution in [0.1, 0.15) is 23.1 Å². The number of carbonyl (C=O) groups excluding carboxylic acids is 1. The fourth-order valence-corrected chi connectivity index (χ4v) is 3.05.